The molecular formula is C32H42Cl2N6O5S. The molecule has 250 valence electrons. The molecule has 46 heavy (non-hydrogen) atoms. The molecule has 3 aromatic rings. The molecule has 0 aliphatic carbocycles. The van der Waals surface area contributed by atoms with Crippen LogP contribution in [0.3, 0.4) is 0 Å². The third kappa shape index (κ3) is 8.47. The van der Waals surface area contributed by atoms with Gasteiger partial charge in [0, 0.05) is 47.8 Å². The summed E-state index contributed by atoms with van der Waals surface area (Å²) < 4.78 is 35.8. The SMILES string of the molecule is Cc1ccc2cccc(OCc3c(Cl)ccc(S(=O)(=O)NC(C)(C)C(=O)N4CCN(C(=O)[C@@H](N)CCCN(C)C)CC4)c3Cl)c2n1. The molecule has 0 spiro atoms. The summed E-state index contributed by atoms with van der Waals surface area (Å²) in [6.45, 7) is 6.73. The second-order valence-corrected chi connectivity index (χ2v) is 14.7. The maximum absolute atomic E-state index is 13.6. The minimum Gasteiger partial charge on any atom is -0.487 e. The molecule has 2 amide bonds. The van der Waals surface area contributed by atoms with E-state index in [9.17, 15) is 18.0 Å². The molecule has 1 fully saturated rings. The van der Waals surface area contributed by atoms with Crippen LogP contribution in [0.25, 0.3) is 10.9 Å². The van der Waals surface area contributed by atoms with E-state index in [1.165, 1.54) is 26.0 Å². The van der Waals surface area contributed by atoms with E-state index >= 15 is 0 Å². The summed E-state index contributed by atoms with van der Waals surface area (Å²) in [5.74, 6) is -0.0692. The topological polar surface area (TPSA) is 138 Å². The zero-order valence-electron chi connectivity index (χ0n) is 26.8. The fourth-order valence-electron chi connectivity index (χ4n) is 5.35. The zero-order valence-corrected chi connectivity index (χ0v) is 29.2. The third-order valence-corrected chi connectivity index (χ3v) is 10.5. The molecular weight excluding hydrogens is 651 g/mol. The Morgan fingerprint density at radius 3 is 2.41 bits per heavy atom. The van der Waals surface area contributed by atoms with E-state index in [-0.39, 0.29) is 46.1 Å². The molecule has 4 rings (SSSR count). The normalized spacial score (nSPS) is 15.0. The second kappa shape index (κ2) is 14.8. The highest BCUT2D eigenvalue weighted by molar-refractivity contribution is 7.89. The first kappa shape index (κ1) is 35.8. The number of hydrogen-bond acceptors (Lipinski definition) is 8. The fraction of sp³-hybridized carbons (Fsp3) is 0.469. The quantitative estimate of drug-likeness (QED) is 0.292. The number of para-hydroxylation sites is 1. The van der Waals surface area contributed by atoms with Crippen molar-refractivity contribution in [3.8, 4) is 5.75 Å². The predicted octanol–water partition coefficient (Wildman–Crippen LogP) is 3.83. The van der Waals surface area contributed by atoms with Gasteiger partial charge in [0.2, 0.25) is 21.8 Å². The van der Waals surface area contributed by atoms with Gasteiger partial charge in [-0.1, -0.05) is 41.4 Å². The largest absolute Gasteiger partial charge is 0.487 e. The third-order valence-electron chi connectivity index (χ3n) is 7.87. The molecule has 11 nitrogen and oxygen atoms in total. The summed E-state index contributed by atoms with van der Waals surface area (Å²) in [5.41, 5.74) is 6.38. The lowest BCUT2D eigenvalue weighted by Gasteiger charge is -2.39. The zero-order chi connectivity index (χ0) is 33.8. The maximum atomic E-state index is 13.6. The fourth-order valence-corrected chi connectivity index (χ4v) is 7.60. The Bertz CT molecular complexity index is 1690. The number of halogens is 2. The van der Waals surface area contributed by atoms with E-state index < -0.39 is 27.5 Å². The predicted molar refractivity (Wildman–Crippen MR) is 181 cm³/mol. The van der Waals surface area contributed by atoms with Gasteiger partial charge in [-0.25, -0.2) is 13.4 Å². The smallest absolute Gasteiger partial charge is 0.243 e. The van der Waals surface area contributed by atoms with Gasteiger partial charge >= 0.3 is 0 Å². The average molecular weight is 694 g/mol. The van der Waals surface area contributed by atoms with Gasteiger partial charge in [-0.05, 0) is 78.5 Å². The van der Waals surface area contributed by atoms with Gasteiger partial charge in [0.05, 0.1) is 11.1 Å². The first-order chi connectivity index (χ1) is 21.6. The Morgan fingerprint density at radius 1 is 1.07 bits per heavy atom. The van der Waals surface area contributed by atoms with Gasteiger partial charge < -0.3 is 25.2 Å². The van der Waals surface area contributed by atoms with Crippen molar-refractivity contribution in [1.29, 1.82) is 0 Å². The highest BCUT2D eigenvalue weighted by Gasteiger charge is 2.39. The van der Waals surface area contributed by atoms with E-state index in [1.54, 1.807) is 15.9 Å². The van der Waals surface area contributed by atoms with Gasteiger partial charge in [-0.2, -0.15) is 4.72 Å². The second-order valence-electron chi connectivity index (χ2n) is 12.3. The number of aryl methyl sites for hydroxylation is 1. The van der Waals surface area contributed by atoms with Crippen molar-refractivity contribution in [2.45, 2.75) is 56.7 Å². The van der Waals surface area contributed by atoms with Crippen LogP contribution in [0.2, 0.25) is 10.0 Å². The first-order valence-corrected chi connectivity index (χ1v) is 17.3. The number of sulfonamides is 1. The molecule has 14 heteroatoms. The summed E-state index contributed by atoms with van der Waals surface area (Å²) in [6.07, 6.45) is 1.38. The number of aromatic nitrogens is 1. The van der Waals surface area contributed by atoms with Crippen molar-refractivity contribution >= 4 is 55.9 Å². The van der Waals surface area contributed by atoms with Crippen molar-refractivity contribution in [3.05, 3.63) is 63.8 Å². The van der Waals surface area contributed by atoms with Crippen molar-refractivity contribution in [1.82, 2.24) is 24.4 Å². The van der Waals surface area contributed by atoms with Gasteiger partial charge in [-0.3, -0.25) is 9.59 Å². The standard InChI is InChI=1S/C32H42Cl2N6O5S/c1-21-11-12-22-8-6-10-26(29(22)36-21)45-20-23-24(33)13-14-27(28(23)34)46(43,44)37-32(2,3)31(42)40-18-16-39(17-19-40)30(41)25(35)9-7-15-38(4)5/h6,8,10-14,25,37H,7,9,15-20,35H2,1-5H3/t25-/m0/s1. The Kier molecular flexibility index (Phi) is 11.6. The highest BCUT2D eigenvalue weighted by atomic mass is 35.5. The number of rotatable bonds is 12. The number of pyridine rings is 1. The van der Waals surface area contributed by atoms with E-state index in [4.69, 9.17) is 33.7 Å². The molecule has 1 aliphatic heterocycles. The molecule has 1 aliphatic rings. The minimum atomic E-state index is -4.29. The Morgan fingerprint density at radius 2 is 1.74 bits per heavy atom. The number of carbonyl (C=O) groups is 2. The summed E-state index contributed by atoms with van der Waals surface area (Å²) in [6, 6.07) is 11.5. The molecule has 0 bridgehead atoms. The number of nitrogens with zero attached hydrogens (tertiary/aromatic N) is 4. The lowest BCUT2D eigenvalue weighted by Crippen LogP contribution is -2.61. The monoisotopic (exact) mass is 692 g/mol. The number of benzene rings is 2. The number of nitrogens with one attached hydrogen (secondary N) is 1. The number of nitrogens with two attached hydrogens (primary N) is 1. The molecule has 2 aromatic carbocycles. The van der Waals surface area contributed by atoms with Crippen LogP contribution in [-0.2, 0) is 26.2 Å². The molecule has 0 saturated carbocycles. The molecule has 1 aromatic heterocycles. The van der Waals surface area contributed by atoms with Crippen LogP contribution in [0, 0.1) is 6.92 Å². The van der Waals surface area contributed by atoms with Gasteiger partial charge in [0.25, 0.3) is 0 Å². The Hall–Kier alpha value is -3.00. The Labute approximate surface area is 281 Å². The number of amides is 2. The van der Waals surface area contributed by atoms with Crippen LogP contribution < -0.4 is 15.2 Å². The summed E-state index contributed by atoms with van der Waals surface area (Å²) >= 11 is 13.1. The molecule has 3 N–H and O–H groups in total. The van der Waals surface area contributed by atoms with Crippen LogP contribution in [0.4, 0.5) is 0 Å². The van der Waals surface area contributed by atoms with E-state index in [0.717, 1.165) is 24.0 Å². The summed E-state index contributed by atoms with van der Waals surface area (Å²) in [5, 5.41) is 1.01. The van der Waals surface area contributed by atoms with Crippen LogP contribution >= 0.6 is 23.2 Å². The van der Waals surface area contributed by atoms with Gasteiger partial charge in [0.15, 0.2) is 0 Å². The Balaban J connectivity index is 1.42. The molecule has 0 radical (unpaired) electrons. The van der Waals surface area contributed by atoms with Crippen LogP contribution in [0.5, 0.6) is 5.75 Å². The van der Waals surface area contributed by atoms with Crippen LogP contribution in [-0.4, -0.2) is 98.3 Å². The summed E-state index contributed by atoms with van der Waals surface area (Å²) in [7, 11) is -0.352. The number of piperazine rings is 1. The van der Waals surface area contributed by atoms with Crippen molar-refractivity contribution in [3.63, 3.8) is 0 Å². The number of carbonyl (C=O) groups excluding carboxylic acids is 2. The van der Waals surface area contributed by atoms with E-state index in [1.807, 2.05) is 50.2 Å². The van der Waals surface area contributed by atoms with Crippen molar-refractivity contribution in [2.24, 2.45) is 5.73 Å². The van der Waals surface area contributed by atoms with Gasteiger partial charge in [0.1, 0.15) is 28.3 Å². The summed E-state index contributed by atoms with van der Waals surface area (Å²) in [4.78, 5) is 35.9. The molecule has 1 atom stereocenters. The lowest BCUT2D eigenvalue weighted by molar-refractivity contribution is -0.143. The molecule has 1 saturated heterocycles. The molecule has 0 unspecified atom stereocenters. The number of fused-ring (bicyclic) bond motifs is 1. The van der Waals surface area contributed by atoms with Crippen molar-refractivity contribution < 1.29 is 22.7 Å². The first-order valence-electron chi connectivity index (χ1n) is 15.1. The van der Waals surface area contributed by atoms with Gasteiger partial charge in [-0.15, -0.1) is 0 Å². The lowest BCUT2D eigenvalue weighted by atomic mass is 10.0. The number of hydrogen-bond donors (Lipinski definition) is 2. The van der Waals surface area contributed by atoms with E-state index in [2.05, 4.69) is 9.71 Å². The minimum absolute atomic E-state index is 0.110. The van der Waals surface area contributed by atoms with Crippen LogP contribution in [0.1, 0.15) is 37.9 Å². The van der Waals surface area contributed by atoms with Crippen LogP contribution in [0.15, 0.2) is 47.4 Å². The molecule has 2 heterocycles. The average Bonchev–Trinajstić information content (AvgIpc) is 2.99. The number of ether oxygens (including phenoxy) is 1. The highest BCUT2D eigenvalue weighted by Crippen LogP contribution is 2.34. The van der Waals surface area contributed by atoms with E-state index in [0.29, 0.717) is 30.8 Å². The maximum Gasteiger partial charge on any atom is 0.243 e. The van der Waals surface area contributed by atoms with Crippen molar-refractivity contribution in [2.75, 3.05) is 46.8 Å².